The lowest BCUT2D eigenvalue weighted by atomic mass is 9.94. The number of aliphatic hydroxyl groups excluding tert-OH is 1. The van der Waals surface area contributed by atoms with Gasteiger partial charge in [0.1, 0.15) is 11.4 Å². The molecule has 1 aromatic rings. The number of nitrogens with zero attached hydrogens (tertiary/aromatic N) is 2. The zero-order chi connectivity index (χ0) is 20.7. The van der Waals surface area contributed by atoms with Crippen molar-refractivity contribution in [2.75, 3.05) is 33.3 Å². The zero-order valence-electron chi connectivity index (χ0n) is 18.0. The number of rotatable bonds is 7. The summed E-state index contributed by atoms with van der Waals surface area (Å²) in [7, 11) is 1.79. The molecule has 0 bridgehead atoms. The van der Waals surface area contributed by atoms with E-state index in [-0.39, 0.29) is 12.7 Å². The fourth-order valence-corrected chi connectivity index (χ4v) is 3.37. The van der Waals surface area contributed by atoms with Crippen LogP contribution in [-0.2, 0) is 11.3 Å². The molecule has 0 aromatic heterocycles. The Bertz CT molecular complexity index is 629. The molecule has 1 aliphatic rings. The molecule has 0 saturated carbocycles. The lowest BCUT2D eigenvalue weighted by Crippen LogP contribution is -2.47. The number of likely N-dealkylation sites (tertiary alicyclic amines) is 1. The second kappa shape index (κ2) is 10.1. The number of hydrogen-bond donors (Lipinski definition) is 1. The van der Waals surface area contributed by atoms with Crippen molar-refractivity contribution in [3.05, 3.63) is 29.8 Å². The number of carbonyl (C=O) groups is 1. The molecule has 1 saturated heterocycles. The van der Waals surface area contributed by atoms with Gasteiger partial charge in [-0.2, -0.15) is 0 Å². The highest BCUT2D eigenvalue weighted by Gasteiger charge is 2.27. The van der Waals surface area contributed by atoms with Gasteiger partial charge < -0.3 is 19.5 Å². The third-order valence-corrected chi connectivity index (χ3v) is 5.10. The number of hydrogen-bond acceptors (Lipinski definition) is 5. The first-order valence-corrected chi connectivity index (χ1v) is 10.2. The number of likely N-dealkylation sites (N-methyl/N-ethyl adjacent to an activating group) is 1. The number of ether oxygens (including phenoxy) is 2. The van der Waals surface area contributed by atoms with Crippen molar-refractivity contribution >= 4 is 6.09 Å². The Hall–Kier alpha value is -1.79. The van der Waals surface area contributed by atoms with Crippen molar-refractivity contribution in [2.24, 2.45) is 5.92 Å². The average molecular weight is 393 g/mol. The van der Waals surface area contributed by atoms with Gasteiger partial charge in [-0.1, -0.05) is 12.1 Å². The van der Waals surface area contributed by atoms with Gasteiger partial charge in [-0.15, -0.1) is 0 Å². The van der Waals surface area contributed by atoms with Crippen LogP contribution in [0.1, 0.15) is 46.1 Å². The second-order valence-electron chi connectivity index (χ2n) is 8.81. The van der Waals surface area contributed by atoms with Crippen LogP contribution >= 0.6 is 0 Å². The average Bonchev–Trinajstić information content (AvgIpc) is 2.64. The van der Waals surface area contributed by atoms with Gasteiger partial charge in [0.15, 0.2) is 0 Å². The molecular formula is C22H36N2O4. The smallest absolute Gasteiger partial charge is 0.410 e. The molecule has 1 amide bonds. The minimum absolute atomic E-state index is 0.0249. The molecule has 1 fully saturated rings. The molecular weight excluding hydrogens is 356 g/mol. The van der Waals surface area contributed by atoms with Crippen LogP contribution in [0.2, 0.25) is 0 Å². The standard InChI is InChI=1S/C22H36N2O4/c1-17-9-10-19(16-27-20-8-6-7-18(13-20)15-25)14-24(17)12-11-23(5)21(26)28-22(2,3)4/h6-8,13,17,19,25H,9-12,14-16H2,1-5H3. The molecule has 0 aliphatic carbocycles. The molecule has 2 rings (SSSR count). The minimum Gasteiger partial charge on any atom is -0.493 e. The van der Waals surface area contributed by atoms with Gasteiger partial charge in [-0.05, 0) is 58.2 Å². The molecule has 2 atom stereocenters. The van der Waals surface area contributed by atoms with Crippen molar-refractivity contribution in [1.29, 1.82) is 0 Å². The topological polar surface area (TPSA) is 62.2 Å². The molecule has 2 unspecified atom stereocenters. The van der Waals surface area contributed by atoms with E-state index in [4.69, 9.17) is 9.47 Å². The van der Waals surface area contributed by atoms with Gasteiger partial charge in [-0.3, -0.25) is 4.90 Å². The van der Waals surface area contributed by atoms with Crippen LogP contribution in [0.4, 0.5) is 4.79 Å². The SMILES string of the molecule is CC1CCC(COc2cccc(CO)c2)CN1CCN(C)C(=O)OC(C)(C)C. The fourth-order valence-electron chi connectivity index (χ4n) is 3.37. The summed E-state index contributed by atoms with van der Waals surface area (Å²) < 4.78 is 11.4. The summed E-state index contributed by atoms with van der Waals surface area (Å²) >= 11 is 0. The summed E-state index contributed by atoms with van der Waals surface area (Å²) in [5, 5.41) is 9.25. The van der Waals surface area contributed by atoms with Gasteiger partial charge in [0.2, 0.25) is 0 Å². The zero-order valence-corrected chi connectivity index (χ0v) is 18.0. The van der Waals surface area contributed by atoms with Crippen LogP contribution < -0.4 is 4.74 Å². The third-order valence-electron chi connectivity index (χ3n) is 5.10. The number of carbonyl (C=O) groups excluding carboxylic acids is 1. The summed E-state index contributed by atoms with van der Waals surface area (Å²) in [6, 6.07) is 8.11. The van der Waals surface area contributed by atoms with Gasteiger partial charge in [0.25, 0.3) is 0 Å². The summed E-state index contributed by atoms with van der Waals surface area (Å²) in [6.07, 6.45) is 1.99. The van der Waals surface area contributed by atoms with Crippen molar-refractivity contribution in [2.45, 2.75) is 58.8 Å². The number of aliphatic hydroxyl groups is 1. The van der Waals surface area contributed by atoms with Crippen LogP contribution in [-0.4, -0.2) is 65.9 Å². The minimum atomic E-state index is -0.473. The van der Waals surface area contributed by atoms with Crippen LogP contribution in [0.25, 0.3) is 0 Å². The van der Waals surface area contributed by atoms with Crippen LogP contribution in [0.5, 0.6) is 5.75 Å². The quantitative estimate of drug-likeness (QED) is 0.769. The van der Waals surface area contributed by atoms with E-state index in [1.807, 2.05) is 45.0 Å². The molecule has 1 aromatic carbocycles. The molecule has 1 heterocycles. The van der Waals surface area contributed by atoms with E-state index >= 15 is 0 Å². The Morgan fingerprint density at radius 1 is 1.32 bits per heavy atom. The maximum atomic E-state index is 12.1. The molecule has 28 heavy (non-hydrogen) atoms. The summed E-state index contributed by atoms with van der Waals surface area (Å²) in [6.45, 7) is 11.0. The normalized spacial score (nSPS) is 20.6. The van der Waals surface area contributed by atoms with E-state index in [9.17, 15) is 9.90 Å². The predicted molar refractivity (Wildman–Crippen MR) is 110 cm³/mol. The predicted octanol–water partition coefficient (Wildman–Crippen LogP) is 3.53. The van der Waals surface area contributed by atoms with E-state index in [1.165, 1.54) is 0 Å². The highest BCUT2D eigenvalue weighted by molar-refractivity contribution is 5.67. The van der Waals surface area contributed by atoms with Crippen LogP contribution in [0.15, 0.2) is 24.3 Å². The van der Waals surface area contributed by atoms with Crippen molar-refractivity contribution in [1.82, 2.24) is 9.80 Å². The Balaban J connectivity index is 1.80. The molecule has 6 heteroatoms. The number of amides is 1. The number of benzene rings is 1. The van der Waals surface area contributed by atoms with Gasteiger partial charge in [0.05, 0.1) is 13.2 Å². The first kappa shape index (κ1) is 22.5. The molecule has 6 nitrogen and oxygen atoms in total. The molecule has 1 aliphatic heterocycles. The monoisotopic (exact) mass is 392 g/mol. The van der Waals surface area contributed by atoms with E-state index in [0.717, 1.165) is 37.2 Å². The van der Waals surface area contributed by atoms with Crippen LogP contribution in [0, 0.1) is 5.92 Å². The van der Waals surface area contributed by atoms with E-state index in [2.05, 4.69) is 11.8 Å². The van der Waals surface area contributed by atoms with Crippen molar-refractivity contribution < 1.29 is 19.4 Å². The summed E-state index contributed by atoms with van der Waals surface area (Å²) in [5.74, 6) is 1.27. The third kappa shape index (κ3) is 7.32. The Kier molecular flexibility index (Phi) is 8.13. The lowest BCUT2D eigenvalue weighted by Gasteiger charge is -2.38. The van der Waals surface area contributed by atoms with E-state index in [1.54, 1.807) is 11.9 Å². The maximum absolute atomic E-state index is 12.1. The first-order chi connectivity index (χ1) is 13.2. The van der Waals surface area contributed by atoms with Crippen molar-refractivity contribution in [3.8, 4) is 5.75 Å². The summed E-state index contributed by atoms with van der Waals surface area (Å²) in [5.41, 5.74) is 0.390. The molecule has 0 spiro atoms. The van der Waals surface area contributed by atoms with Gasteiger partial charge in [-0.25, -0.2) is 4.79 Å². The Labute approximate surface area is 169 Å². The fraction of sp³-hybridized carbons (Fsp3) is 0.682. The first-order valence-electron chi connectivity index (χ1n) is 10.2. The lowest BCUT2D eigenvalue weighted by molar-refractivity contribution is 0.0246. The van der Waals surface area contributed by atoms with Gasteiger partial charge in [0, 0.05) is 38.6 Å². The summed E-state index contributed by atoms with van der Waals surface area (Å²) in [4.78, 5) is 16.2. The second-order valence-corrected chi connectivity index (χ2v) is 8.81. The molecule has 0 radical (unpaired) electrons. The Morgan fingerprint density at radius 3 is 2.75 bits per heavy atom. The highest BCUT2D eigenvalue weighted by atomic mass is 16.6. The Morgan fingerprint density at radius 2 is 2.07 bits per heavy atom. The largest absolute Gasteiger partial charge is 0.493 e. The molecule has 158 valence electrons. The van der Waals surface area contributed by atoms with Crippen molar-refractivity contribution in [3.63, 3.8) is 0 Å². The number of piperidine rings is 1. The van der Waals surface area contributed by atoms with E-state index < -0.39 is 5.60 Å². The molecule has 1 N–H and O–H groups in total. The maximum Gasteiger partial charge on any atom is 0.410 e. The van der Waals surface area contributed by atoms with Gasteiger partial charge >= 0.3 is 6.09 Å². The van der Waals surface area contributed by atoms with E-state index in [0.29, 0.717) is 25.1 Å². The highest BCUT2D eigenvalue weighted by Crippen LogP contribution is 2.23. The van der Waals surface area contributed by atoms with Crippen LogP contribution in [0.3, 0.4) is 0 Å².